The van der Waals surface area contributed by atoms with Crippen molar-refractivity contribution in [3.05, 3.63) is 118 Å². The van der Waals surface area contributed by atoms with E-state index >= 15 is 0 Å². The van der Waals surface area contributed by atoms with E-state index in [4.69, 9.17) is 4.74 Å². The van der Waals surface area contributed by atoms with Crippen LogP contribution in [0.2, 0.25) is 0 Å². The molecular weight excluding hydrogens is 400 g/mol. The summed E-state index contributed by atoms with van der Waals surface area (Å²) in [7, 11) is 0. The van der Waals surface area contributed by atoms with Crippen LogP contribution in [0.3, 0.4) is 0 Å². The summed E-state index contributed by atoms with van der Waals surface area (Å²) in [5, 5.41) is 3.01. The van der Waals surface area contributed by atoms with Gasteiger partial charge in [-0.1, -0.05) is 90.5 Å². The summed E-state index contributed by atoms with van der Waals surface area (Å²) in [6.07, 6.45) is 0. The lowest BCUT2D eigenvalue weighted by molar-refractivity contribution is -0.141. The number of hydrogen-bond donors (Lipinski definition) is 1. The summed E-state index contributed by atoms with van der Waals surface area (Å²) in [6.45, 7) is 4.35. The lowest BCUT2D eigenvalue weighted by Crippen LogP contribution is -2.47. The van der Waals surface area contributed by atoms with Crippen molar-refractivity contribution in [3.63, 3.8) is 0 Å². The molecule has 0 fully saturated rings. The van der Waals surface area contributed by atoms with Crippen LogP contribution in [-0.4, -0.2) is 16.9 Å². The predicted molar refractivity (Wildman–Crippen MR) is 123 cm³/mol. The number of urea groups is 1. The number of amides is 2. The zero-order valence-electron chi connectivity index (χ0n) is 18.2. The highest BCUT2D eigenvalue weighted by atomic mass is 16.5. The second-order valence-electron chi connectivity index (χ2n) is 7.93. The Labute approximate surface area is 188 Å². The second-order valence-corrected chi connectivity index (χ2v) is 7.93. The average Bonchev–Trinajstić information content (AvgIpc) is 2.82. The molecule has 0 aromatic heterocycles. The van der Waals surface area contributed by atoms with Crippen LogP contribution >= 0.6 is 0 Å². The Hall–Kier alpha value is -3.86. The van der Waals surface area contributed by atoms with Crippen molar-refractivity contribution in [1.82, 2.24) is 10.2 Å². The number of nitrogens with one attached hydrogen (secondary N) is 1. The molecule has 1 heterocycles. The normalized spacial score (nSPS) is 16.0. The van der Waals surface area contributed by atoms with E-state index < -0.39 is 12.0 Å². The van der Waals surface area contributed by atoms with Crippen LogP contribution in [0, 0.1) is 6.92 Å². The predicted octanol–water partition coefficient (Wildman–Crippen LogP) is 5.28. The van der Waals surface area contributed by atoms with Gasteiger partial charge in [0.15, 0.2) is 0 Å². The van der Waals surface area contributed by atoms with Gasteiger partial charge < -0.3 is 10.1 Å². The minimum absolute atomic E-state index is 0.170. The fourth-order valence-corrected chi connectivity index (χ4v) is 3.81. The molecule has 1 atom stereocenters. The van der Waals surface area contributed by atoms with Crippen LogP contribution in [0.25, 0.3) is 0 Å². The number of nitrogens with zero attached hydrogens (tertiary/aromatic N) is 1. The maximum atomic E-state index is 13.3. The van der Waals surface area contributed by atoms with E-state index in [0.29, 0.717) is 17.8 Å². The highest BCUT2D eigenvalue weighted by Gasteiger charge is 2.36. The summed E-state index contributed by atoms with van der Waals surface area (Å²) in [4.78, 5) is 27.9. The second kappa shape index (κ2) is 9.52. The molecule has 5 heteroatoms. The van der Waals surface area contributed by atoms with E-state index in [-0.39, 0.29) is 12.6 Å². The molecule has 162 valence electrons. The zero-order chi connectivity index (χ0) is 22.5. The summed E-state index contributed by atoms with van der Waals surface area (Å²) in [5.74, 6) is -0.435. The van der Waals surface area contributed by atoms with E-state index in [0.717, 1.165) is 22.3 Å². The lowest BCUT2D eigenvalue weighted by atomic mass is 9.94. The van der Waals surface area contributed by atoms with Crippen molar-refractivity contribution < 1.29 is 14.3 Å². The number of benzene rings is 3. The molecule has 1 aliphatic heterocycles. The third kappa shape index (κ3) is 4.72. The molecule has 0 radical (unpaired) electrons. The molecule has 0 bridgehead atoms. The summed E-state index contributed by atoms with van der Waals surface area (Å²) >= 11 is 0. The van der Waals surface area contributed by atoms with Crippen LogP contribution in [0.5, 0.6) is 0 Å². The highest BCUT2D eigenvalue weighted by Crippen LogP contribution is 2.32. The van der Waals surface area contributed by atoms with Gasteiger partial charge in [0, 0.05) is 5.70 Å². The quantitative estimate of drug-likeness (QED) is 0.546. The van der Waals surface area contributed by atoms with Gasteiger partial charge in [0.05, 0.1) is 18.2 Å². The SMILES string of the molecule is CC1=C(C(=O)OCc2ccccc2)C(c2ccc(C)cc2)NC(=O)N1Cc1ccccc1. The number of esters is 1. The fourth-order valence-electron chi connectivity index (χ4n) is 3.81. The van der Waals surface area contributed by atoms with Crippen LogP contribution in [0.15, 0.2) is 96.2 Å². The van der Waals surface area contributed by atoms with Gasteiger partial charge in [-0.05, 0) is 30.5 Å². The van der Waals surface area contributed by atoms with Crippen LogP contribution < -0.4 is 5.32 Å². The topological polar surface area (TPSA) is 58.6 Å². The van der Waals surface area contributed by atoms with Gasteiger partial charge in [0.1, 0.15) is 6.61 Å². The van der Waals surface area contributed by atoms with Crippen molar-refractivity contribution in [2.24, 2.45) is 0 Å². The number of ether oxygens (including phenoxy) is 1. The summed E-state index contributed by atoms with van der Waals surface area (Å²) in [5.41, 5.74) is 4.88. The Morgan fingerprint density at radius 3 is 2.09 bits per heavy atom. The van der Waals surface area contributed by atoms with Gasteiger partial charge in [-0.3, -0.25) is 4.90 Å². The third-order valence-corrected chi connectivity index (χ3v) is 5.62. The summed E-state index contributed by atoms with van der Waals surface area (Å²) < 4.78 is 5.67. The standard InChI is InChI=1S/C27H26N2O3/c1-19-13-15-23(16-14-19)25-24(26(30)32-18-22-11-7-4-8-12-22)20(2)29(27(31)28-25)17-21-9-5-3-6-10-21/h3-16,25H,17-18H2,1-2H3,(H,28,31). The van der Waals surface area contributed by atoms with E-state index in [9.17, 15) is 9.59 Å². The van der Waals surface area contributed by atoms with E-state index in [1.165, 1.54) is 0 Å². The van der Waals surface area contributed by atoms with Crippen LogP contribution in [0.1, 0.15) is 35.2 Å². The molecule has 2 amide bonds. The maximum Gasteiger partial charge on any atom is 0.338 e. The molecule has 0 saturated heterocycles. The first-order valence-electron chi connectivity index (χ1n) is 10.6. The fraction of sp³-hybridized carbons (Fsp3) is 0.185. The lowest BCUT2D eigenvalue weighted by Gasteiger charge is -2.35. The zero-order valence-corrected chi connectivity index (χ0v) is 18.2. The van der Waals surface area contributed by atoms with Crippen LogP contribution in [-0.2, 0) is 22.7 Å². The van der Waals surface area contributed by atoms with Gasteiger partial charge >= 0.3 is 12.0 Å². The number of carbonyl (C=O) groups excluding carboxylic acids is 2. The summed E-state index contributed by atoms with van der Waals surface area (Å²) in [6, 6.07) is 26.3. The van der Waals surface area contributed by atoms with Gasteiger partial charge in [0.25, 0.3) is 0 Å². The molecule has 1 unspecified atom stereocenters. The number of carbonyl (C=O) groups is 2. The monoisotopic (exact) mass is 426 g/mol. The molecule has 3 aromatic carbocycles. The number of aryl methyl sites for hydroxylation is 1. The van der Waals surface area contributed by atoms with Gasteiger partial charge in [-0.25, -0.2) is 9.59 Å². The Morgan fingerprint density at radius 1 is 0.875 bits per heavy atom. The average molecular weight is 427 g/mol. The molecular formula is C27H26N2O3. The van der Waals surface area contributed by atoms with Crippen molar-refractivity contribution >= 4 is 12.0 Å². The van der Waals surface area contributed by atoms with Crippen molar-refractivity contribution in [1.29, 1.82) is 0 Å². The van der Waals surface area contributed by atoms with E-state index in [1.54, 1.807) is 4.90 Å². The third-order valence-electron chi connectivity index (χ3n) is 5.62. The van der Waals surface area contributed by atoms with E-state index in [2.05, 4.69) is 5.32 Å². The number of allylic oxidation sites excluding steroid dienone is 1. The highest BCUT2D eigenvalue weighted by molar-refractivity contribution is 5.95. The number of hydrogen-bond acceptors (Lipinski definition) is 3. The van der Waals surface area contributed by atoms with Crippen LogP contribution in [0.4, 0.5) is 4.79 Å². The van der Waals surface area contributed by atoms with Gasteiger partial charge in [-0.15, -0.1) is 0 Å². The van der Waals surface area contributed by atoms with Crippen molar-refractivity contribution in [2.75, 3.05) is 0 Å². The molecule has 0 spiro atoms. The smallest absolute Gasteiger partial charge is 0.338 e. The molecule has 0 aliphatic carbocycles. The maximum absolute atomic E-state index is 13.3. The molecule has 5 nitrogen and oxygen atoms in total. The van der Waals surface area contributed by atoms with Crippen molar-refractivity contribution in [3.8, 4) is 0 Å². The first-order chi connectivity index (χ1) is 15.5. The molecule has 4 rings (SSSR count). The number of rotatable bonds is 6. The largest absolute Gasteiger partial charge is 0.457 e. The minimum Gasteiger partial charge on any atom is -0.457 e. The first-order valence-corrected chi connectivity index (χ1v) is 10.6. The first kappa shape index (κ1) is 21.4. The molecule has 3 aromatic rings. The molecule has 1 N–H and O–H groups in total. The minimum atomic E-state index is -0.571. The molecule has 32 heavy (non-hydrogen) atoms. The van der Waals surface area contributed by atoms with E-state index in [1.807, 2.05) is 98.8 Å². The Balaban J connectivity index is 1.67. The van der Waals surface area contributed by atoms with Gasteiger partial charge in [0.2, 0.25) is 0 Å². The Morgan fingerprint density at radius 2 is 1.47 bits per heavy atom. The van der Waals surface area contributed by atoms with Crippen molar-refractivity contribution in [2.45, 2.75) is 33.0 Å². The Bertz CT molecular complexity index is 1120. The molecule has 0 saturated carbocycles. The Kier molecular flexibility index (Phi) is 6.36. The molecule has 1 aliphatic rings. The van der Waals surface area contributed by atoms with Gasteiger partial charge in [-0.2, -0.15) is 0 Å².